The van der Waals surface area contributed by atoms with Crippen LogP contribution in [0.1, 0.15) is 18.4 Å². The molecule has 2 aliphatic heterocycles. The van der Waals surface area contributed by atoms with E-state index in [-0.39, 0.29) is 17.9 Å². The number of carbonyl (C=O) groups is 2. The maximum atomic E-state index is 13.0. The highest BCUT2D eigenvalue weighted by molar-refractivity contribution is 14.1. The molecule has 2 atom stereocenters. The van der Waals surface area contributed by atoms with Crippen LogP contribution in [0, 0.1) is 3.57 Å². The fourth-order valence-corrected chi connectivity index (χ4v) is 4.81. The molecule has 3 aromatic rings. The molecule has 2 aliphatic rings. The largest absolute Gasteiger partial charge is 0.354 e. The van der Waals surface area contributed by atoms with Crippen LogP contribution in [0.2, 0.25) is 0 Å². The molecule has 5 rings (SSSR count). The van der Waals surface area contributed by atoms with E-state index in [4.69, 9.17) is 0 Å². The lowest BCUT2D eigenvalue weighted by Gasteiger charge is -2.34. The van der Waals surface area contributed by atoms with Gasteiger partial charge in [0.15, 0.2) is 0 Å². The maximum absolute atomic E-state index is 13.0. The lowest BCUT2D eigenvalue weighted by atomic mass is 9.96. The minimum Gasteiger partial charge on any atom is -0.354 e. The summed E-state index contributed by atoms with van der Waals surface area (Å²) >= 11 is 2.29. The average Bonchev–Trinajstić information content (AvgIpc) is 3.33. The van der Waals surface area contributed by atoms with Gasteiger partial charge in [-0.1, -0.05) is 30.3 Å². The fraction of sp³-hybridized carbons (Fsp3) is 0.273. The number of para-hydroxylation sites is 1. The molecule has 2 aromatic carbocycles. The normalized spacial score (nSPS) is 21.8. The number of nitrogens with one attached hydrogen (secondary N) is 2. The van der Waals surface area contributed by atoms with Crippen molar-refractivity contribution in [2.45, 2.75) is 31.3 Å². The summed E-state index contributed by atoms with van der Waals surface area (Å²) < 4.78 is 1.17. The van der Waals surface area contributed by atoms with Gasteiger partial charge in [-0.2, -0.15) is 0 Å². The first-order chi connectivity index (χ1) is 13.6. The first-order valence-corrected chi connectivity index (χ1v) is 10.7. The van der Waals surface area contributed by atoms with Crippen molar-refractivity contribution in [1.29, 1.82) is 0 Å². The van der Waals surface area contributed by atoms with Crippen molar-refractivity contribution in [3.05, 3.63) is 57.7 Å². The highest BCUT2D eigenvalue weighted by Crippen LogP contribution is 2.33. The number of nitrogens with zero attached hydrogens (tertiary/aromatic N) is 1. The second-order valence-corrected chi connectivity index (χ2v) is 8.73. The van der Waals surface area contributed by atoms with Crippen LogP contribution in [-0.2, 0) is 16.0 Å². The van der Waals surface area contributed by atoms with Gasteiger partial charge in [0, 0.05) is 33.1 Å². The van der Waals surface area contributed by atoms with E-state index in [0.29, 0.717) is 13.0 Å². The zero-order valence-corrected chi connectivity index (χ0v) is 17.4. The number of aromatic amines is 1. The number of H-pyrrole nitrogens is 1. The van der Waals surface area contributed by atoms with Gasteiger partial charge in [-0.3, -0.25) is 9.59 Å². The van der Waals surface area contributed by atoms with Gasteiger partial charge in [0.1, 0.15) is 12.1 Å². The Morgan fingerprint density at radius 2 is 1.86 bits per heavy atom. The molecule has 0 saturated carbocycles. The zero-order valence-electron chi connectivity index (χ0n) is 15.2. The van der Waals surface area contributed by atoms with Gasteiger partial charge in [-0.25, -0.2) is 0 Å². The molecule has 5 nitrogen and oxygen atoms in total. The summed E-state index contributed by atoms with van der Waals surface area (Å²) in [5.41, 5.74) is 4.22. The molecule has 0 unspecified atom stereocenters. The van der Waals surface area contributed by atoms with Gasteiger partial charge in [-0.05, 0) is 64.8 Å². The Bertz CT molecular complexity index is 1070. The number of fused-ring (bicyclic) bond motifs is 2. The first kappa shape index (κ1) is 17.7. The van der Waals surface area contributed by atoms with E-state index in [9.17, 15) is 9.59 Å². The van der Waals surface area contributed by atoms with Crippen molar-refractivity contribution in [2.75, 3.05) is 6.54 Å². The molecule has 0 radical (unpaired) electrons. The number of halogens is 1. The van der Waals surface area contributed by atoms with E-state index in [1.807, 2.05) is 18.2 Å². The lowest BCUT2D eigenvalue weighted by molar-refractivity contribution is -0.146. The Morgan fingerprint density at radius 1 is 1.07 bits per heavy atom. The van der Waals surface area contributed by atoms with Gasteiger partial charge >= 0.3 is 0 Å². The lowest BCUT2D eigenvalue weighted by Crippen LogP contribution is -2.61. The number of carbonyl (C=O) groups excluding carboxylic acids is 2. The zero-order chi connectivity index (χ0) is 19.3. The second kappa shape index (κ2) is 6.92. The molecule has 2 amide bonds. The quantitative estimate of drug-likeness (QED) is 0.559. The number of benzene rings is 2. The summed E-state index contributed by atoms with van der Waals surface area (Å²) in [5, 5.41) is 4.08. The number of aromatic nitrogens is 1. The third kappa shape index (κ3) is 2.90. The number of piperazine rings is 1. The summed E-state index contributed by atoms with van der Waals surface area (Å²) in [7, 11) is 0. The molecule has 2 fully saturated rings. The Balaban J connectivity index is 1.56. The Hall–Kier alpha value is -2.35. The van der Waals surface area contributed by atoms with E-state index in [0.717, 1.165) is 40.6 Å². The van der Waals surface area contributed by atoms with Gasteiger partial charge in [-0.15, -0.1) is 0 Å². The molecule has 142 valence electrons. The molecule has 0 bridgehead atoms. The minimum atomic E-state index is -0.511. The van der Waals surface area contributed by atoms with E-state index in [1.54, 1.807) is 4.90 Å². The molecule has 1 aromatic heterocycles. The van der Waals surface area contributed by atoms with Crippen molar-refractivity contribution >= 4 is 45.3 Å². The fourth-order valence-electron chi connectivity index (χ4n) is 4.45. The maximum Gasteiger partial charge on any atom is 0.246 e. The summed E-state index contributed by atoms with van der Waals surface area (Å²) in [6.07, 6.45) is 2.15. The molecule has 2 saturated heterocycles. The highest BCUT2D eigenvalue weighted by atomic mass is 127. The van der Waals surface area contributed by atoms with Gasteiger partial charge in [0.05, 0.1) is 0 Å². The molecular formula is C22H20IN3O2. The van der Waals surface area contributed by atoms with Crippen molar-refractivity contribution in [1.82, 2.24) is 15.2 Å². The molecule has 0 spiro atoms. The second-order valence-electron chi connectivity index (χ2n) is 7.49. The molecule has 6 heteroatoms. The monoisotopic (exact) mass is 485 g/mol. The summed E-state index contributed by atoms with van der Waals surface area (Å²) in [4.78, 5) is 30.8. The number of rotatable bonds is 3. The third-order valence-electron chi connectivity index (χ3n) is 5.81. The van der Waals surface area contributed by atoms with Crippen LogP contribution in [0.5, 0.6) is 0 Å². The van der Waals surface area contributed by atoms with Crippen molar-refractivity contribution in [3.63, 3.8) is 0 Å². The number of amides is 2. The third-order valence-corrected chi connectivity index (χ3v) is 6.53. The van der Waals surface area contributed by atoms with Crippen LogP contribution in [0.15, 0.2) is 48.5 Å². The number of hydrogen-bond acceptors (Lipinski definition) is 2. The van der Waals surface area contributed by atoms with Crippen molar-refractivity contribution < 1.29 is 9.59 Å². The van der Waals surface area contributed by atoms with Crippen LogP contribution in [0.25, 0.3) is 22.2 Å². The summed E-state index contributed by atoms with van der Waals surface area (Å²) in [6, 6.07) is 15.7. The summed E-state index contributed by atoms with van der Waals surface area (Å²) in [6.45, 7) is 0.686. The molecule has 2 N–H and O–H groups in total. The molecule has 0 aliphatic carbocycles. The van der Waals surface area contributed by atoms with Crippen LogP contribution in [-0.4, -0.2) is 40.3 Å². The van der Waals surface area contributed by atoms with Gasteiger partial charge in [0.2, 0.25) is 11.8 Å². The SMILES string of the molecule is O=C1N[C@@H](Cc2c(-c3ccc(I)cc3)[nH]c3ccccc23)C(=O)N2CCC[C@H]12. The van der Waals surface area contributed by atoms with Crippen molar-refractivity contribution in [3.8, 4) is 11.3 Å². The Kier molecular flexibility index (Phi) is 4.38. The van der Waals surface area contributed by atoms with Gasteiger partial charge < -0.3 is 15.2 Å². The van der Waals surface area contributed by atoms with Crippen LogP contribution < -0.4 is 5.32 Å². The van der Waals surface area contributed by atoms with E-state index in [1.165, 1.54) is 3.57 Å². The Morgan fingerprint density at radius 3 is 2.68 bits per heavy atom. The smallest absolute Gasteiger partial charge is 0.246 e. The molecule has 3 heterocycles. The molecular weight excluding hydrogens is 465 g/mol. The predicted octanol–water partition coefficient (Wildman–Crippen LogP) is 3.47. The minimum absolute atomic E-state index is 0.0160. The highest BCUT2D eigenvalue weighted by Gasteiger charge is 2.43. The number of hydrogen-bond donors (Lipinski definition) is 2. The van der Waals surface area contributed by atoms with Crippen LogP contribution in [0.4, 0.5) is 0 Å². The standard InChI is InChI=1S/C22H20IN3O2/c23-14-9-7-13(8-10-14)20-16(15-4-1-2-5-17(15)24-20)12-18-22(28)26-11-3-6-19(26)21(27)25-18/h1-2,4-5,7-10,18-19,24H,3,6,11-12H2,(H,25,27)/t18-,19+/m0/s1. The average molecular weight is 485 g/mol. The van der Waals surface area contributed by atoms with E-state index >= 15 is 0 Å². The van der Waals surface area contributed by atoms with E-state index in [2.05, 4.69) is 63.2 Å². The van der Waals surface area contributed by atoms with Crippen LogP contribution >= 0.6 is 22.6 Å². The molecule has 28 heavy (non-hydrogen) atoms. The van der Waals surface area contributed by atoms with Gasteiger partial charge in [0.25, 0.3) is 0 Å². The first-order valence-electron chi connectivity index (χ1n) is 9.58. The van der Waals surface area contributed by atoms with E-state index < -0.39 is 6.04 Å². The topological polar surface area (TPSA) is 65.2 Å². The Labute approximate surface area is 176 Å². The predicted molar refractivity (Wildman–Crippen MR) is 117 cm³/mol. The van der Waals surface area contributed by atoms with Crippen molar-refractivity contribution in [2.24, 2.45) is 0 Å². The summed E-state index contributed by atoms with van der Waals surface area (Å²) in [5.74, 6) is 0.0266. The van der Waals surface area contributed by atoms with Crippen LogP contribution in [0.3, 0.4) is 0 Å².